The highest BCUT2D eigenvalue weighted by molar-refractivity contribution is 7.22. The average Bonchev–Trinajstić information content (AvgIpc) is 3.19. The molecule has 1 fully saturated rings. The molecule has 6 heteroatoms. The SMILES string of the molecule is CC1Oc2ccccc2OC1CNCC1CCN(c2nc3ccccc3s2)CC1. The summed E-state index contributed by atoms with van der Waals surface area (Å²) >= 11 is 1.81. The van der Waals surface area contributed by atoms with Crippen LogP contribution < -0.4 is 19.7 Å². The van der Waals surface area contributed by atoms with E-state index < -0.39 is 0 Å². The Hall–Kier alpha value is -2.31. The molecule has 0 aliphatic carbocycles. The van der Waals surface area contributed by atoms with Gasteiger partial charge in [0.25, 0.3) is 0 Å². The van der Waals surface area contributed by atoms with Crippen molar-refractivity contribution in [1.82, 2.24) is 10.3 Å². The number of fused-ring (bicyclic) bond motifs is 2. The lowest BCUT2D eigenvalue weighted by molar-refractivity contribution is 0.0314. The molecule has 0 amide bonds. The summed E-state index contributed by atoms with van der Waals surface area (Å²) in [6.45, 7) is 6.09. The van der Waals surface area contributed by atoms with E-state index in [4.69, 9.17) is 14.5 Å². The van der Waals surface area contributed by atoms with Crippen LogP contribution in [0.15, 0.2) is 48.5 Å². The number of para-hydroxylation sites is 3. The molecule has 3 heterocycles. The molecular formula is C23H27N3O2S. The van der Waals surface area contributed by atoms with E-state index in [0.717, 1.165) is 48.3 Å². The predicted molar refractivity (Wildman–Crippen MR) is 118 cm³/mol. The van der Waals surface area contributed by atoms with Gasteiger partial charge in [0.05, 0.1) is 10.2 Å². The maximum Gasteiger partial charge on any atom is 0.186 e. The molecule has 0 saturated carbocycles. The van der Waals surface area contributed by atoms with Crippen molar-refractivity contribution < 1.29 is 9.47 Å². The van der Waals surface area contributed by atoms with Crippen LogP contribution in [0.4, 0.5) is 5.13 Å². The molecular weight excluding hydrogens is 382 g/mol. The first-order valence-corrected chi connectivity index (χ1v) is 11.3. The van der Waals surface area contributed by atoms with E-state index in [1.165, 1.54) is 17.5 Å². The summed E-state index contributed by atoms with van der Waals surface area (Å²) < 4.78 is 13.4. The molecule has 1 N–H and O–H groups in total. The van der Waals surface area contributed by atoms with Crippen molar-refractivity contribution in [3.05, 3.63) is 48.5 Å². The number of hydrogen-bond donors (Lipinski definition) is 1. The van der Waals surface area contributed by atoms with Crippen LogP contribution in [-0.4, -0.2) is 43.4 Å². The number of anilines is 1. The zero-order chi connectivity index (χ0) is 19.6. The van der Waals surface area contributed by atoms with Gasteiger partial charge in [0.2, 0.25) is 0 Å². The summed E-state index contributed by atoms with van der Waals surface area (Å²) in [6, 6.07) is 16.3. The van der Waals surface area contributed by atoms with Crippen molar-refractivity contribution in [2.24, 2.45) is 5.92 Å². The summed E-state index contributed by atoms with van der Waals surface area (Å²) in [7, 11) is 0. The van der Waals surface area contributed by atoms with Crippen LogP contribution in [0.25, 0.3) is 10.2 Å². The Labute approximate surface area is 175 Å². The third-order valence-electron chi connectivity index (χ3n) is 5.91. The van der Waals surface area contributed by atoms with Gasteiger partial charge in [0, 0.05) is 19.6 Å². The molecule has 2 unspecified atom stereocenters. The van der Waals surface area contributed by atoms with Crippen LogP contribution in [0.1, 0.15) is 19.8 Å². The van der Waals surface area contributed by atoms with Crippen molar-refractivity contribution in [3.8, 4) is 11.5 Å². The van der Waals surface area contributed by atoms with Gasteiger partial charge < -0.3 is 19.7 Å². The van der Waals surface area contributed by atoms with Gasteiger partial charge in [0.15, 0.2) is 16.6 Å². The van der Waals surface area contributed by atoms with Crippen molar-refractivity contribution >= 4 is 26.7 Å². The van der Waals surface area contributed by atoms with Gasteiger partial charge in [-0.3, -0.25) is 0 Å². The van der Waals surface area contributed by atoms with Gasteiger partial charge in [-0.25, -0.2) is 4.98 Å². The van der Waals surface area contributed by atoms with Crippen LogP contribution in [0.3, 0.4) is 0 Å². The third-order valence-corrected chi connectivity index (χ3v) is 7.01. The molecule has 5 rings (SSSR count). The fourth-order valence-corrected chi connectivity index (χ4v) is 5.16. The second-order valence-electron chi connectivity index (χ2n) is 7.98. The van der Waals surface area contributed by atoms with Crippen molar-refractivity contribution in [2.45, 2.75) is 32.0 Å². The van der Waals surface area contributed by atoms with Gasteiger partial charge in [-0.2, -0.15) is 0 Å². The van der Waals surface area contributed by atoms with E-state index in [0.29, 0.717) is 5.92 Å². The number of nitrogens with zero attached hydrogens (tertiary/aromatic N) is 2. The third kappa shape index (κ3) is 4.05. The standard InChI is InChI=1S/C23H27N3O2S/c1-16-21(28-20-8-4-3-7-19(20)27-16)15-24-14-17-10-12-26(13-11-17)23-25-18-6-2-5-9-22(18)29-23/h2-9,16-17,21,24H,10-15H2,1H3. The van der Waals surface area contributed by atoms with Crippen LogP contribution in [0.2, 0.25) is 0 Å². The number of piperidine rings is 1. The molecule has 2 aromatic carbocycles. The van der Waals surface area contributed by atoms with Crippen LogP contribution in [-0.2, 0) is 0 Å². The van der Waals surface area contributed by atoms with Crippen LogP contribution in [0, 0.1) is 5.92 Å². The highest BCUT2D eigenvalue weighted by Gasteiger charge is 2.28. The largest absolute Gasteiger partial charge is 0.483 e. The highest BCUT2D eigenvalue weighted by atomic mass is 32.1. The second-order valence-corrected chi connectivity index (χ2v) is 8.99. The number of aromatic nitrogens is 1. The molecule has 29 heavy (non-hydrogen) atoms. The molecule has 5 nitrogen and oxygen atoms in total. The lowest BCUT2D eigenvalue weighted by Gasteiger charge is -2.34. The van der Waals surface area contributed by atoms with Crippen molar-refractivity contribution in [1.29, 1.82) is 0 Å². The van der Waals surface area contributed by atoms with E-state index in [-0.39, 0.29) is 12.2 Å². The first kappa shape index (κ1) is 18.7. The summed E-state index contributed by atoms with van der Waals surface area (Å²) in [5.74, 6) is 2.40. The summed E-state index contributed by atoms with van der Waals surface area (Å²) in [5.41, 5.74) is 1.11. The number of benzene rings is 2. The normalized spacial score (nSPS) is 22.2. The lowest BCUT2D eigenvalue weighted by Crippen LogP contribution is -2.46. The van der Waals surface area contributed by atoms with E-state index in [1.54, 1.807) is 11.3 Å². The van der Waals surface area contributed by atoms with Crippen LogP contribution >= 0.6 is 11.3 Å². The number of thiazole rings is 1. The zero-order valence-corrected chi connectivity index (χ0v) is 17.5. The maximum absolute atomic E-state index is 6.13. The first-order valence-electron chi connectivity index (χ1n) is 10.5. The minimum Gasteiger partial charge on any atom is -0.483 e. The summed E-state index contributed by atoms with van der Waals surface area (Å²) in [5, 5.41) is 4.79. The first-order chi connectivity index (χ1) is 14.3. The molecule has 0 spiro atoms. The fraction of sp³-hybridized carbons (Fsp3) is 0.435. The van der Waals surface area contributed by atoms with E-state index in [2.05, 4.69) is 41.4 Å². The Bertz CT molecular complexity index is 934. The predicted octanol–water partition coefficient (Wildman–Crippen LogP) is 4.33. The average molecular weight is 410 g/mol. The highest BCUT2D eigenvalue weighted by Crippen LogP contribution is 2.33. The van der Waals surface area contributed by atoms with Gasteiger partial charge in [-0.05, 0) is 56.5 Å². The minimum atomic E-state index is 0.0488. The molecule has 0 radical (unpaired) electrons. The van der Waals surface area contributed by atoms with E-state index in [9.17, 15) is 0 Å². The van der Waals surface area contributed by atoms with Gasteiger partial charge in [0.1, 0.15) is 12.2 Å². The topological polar surface area (TPSA) is 46.6 Å². The van der Waals surface area contributed by atoms with Gasteiger partial charge >= 0.3 is 0 Å². The Morgan fingerprint density at radius 3 is 2.52 bits per heavy atom. The number of nitrogens with one attached hydrogen (secondary N) is 1. The zero-order valence-electron chi connectivity index (χ0n) is 16.7. The van der Waals surface area contributed by atoms with E-state index >= 15 is 0 Å². The number of hydrogen-bond acceptors (Lipinski definition) is 6. The Kier molecular flexibility index (Phi) is 5.29. The second kappa shape index (κ2) is 8.20. The smallest absolute Gasteiger partial charge is 0.186 e. The molecule has 1 aromatic heterocycles. The molecule has 0 bridgehead atoms. The molecule has 1 saturated heterocycles. The van der Waals surface area contributed by atoms with Crippen molar-refractivity contribution in [2.75, 3.05) is 31.1 Å². The lowest BCUT2D eigenvalue weighted by atomic mass is 9.97. The van der Waals surface area contributed by atoms with Gasteiger partial charge in [-0.1, -0.05) is 35.6 Å². The molecule has 152 valence electrons. The Balaban J connectivity index is 1.09. The van der Waals surface area contributed by atoms with Crippen LogP contribution in [0.5, 0.6) is 11.5 Å². The quantitative estimate of drug-likeness (QED) is 0.680. The van der Waals surface area contributed by atoms with Crippen molar-refractivity contribution in [3.63, 3.8) is 0 Å². The summed E-state index contributed by atoms with van der Waals surface area (Å²) in [6.07, 6.45) is 2.50. The number of ether oxygens (including phenoxy) is 2. The van der Waals surface area contributed by atoms with Gasteiger partial charge in [-0.15, -0.1) is 0 Å². The molecule has 2 aliphatic rings. The monoisotopic (exact) mass is 409 g/mol. The molecule has 2 atom stereocenters. The Morgan fingerprint density at radius 2 is 1.72 bits per heavy atom. The maximum atomic E-state index is 6.13. The fourth-order valence-electron chi connectivity index (χ4n) is 4.14. The van der Waals surface area contributed by atoms with E-state index in [1.807, 2.05) is 24.3 Å². The molecule has 2 aliphatic heterocycles. The number of rotatable bonds is 5. The molecule has 3 aromatic rings. The minimum absolute atomic E-state index is 0.0488. The summed E-state index contributed by atoms with van der Waals surface area (Å²) in [4.78, 5) is 7.25. The Morgan fingerprint density at radius 1 is 1.00 bits per heavy atom.